The van der Waals surface area contributed by atoms with Crippen LogP contribution in [0, 0.1) is 5.92 Å². The molecule has 4 rings (SSSR count). The molecule has 26 heavy (non-hydrogen) atoms. The lowest BCUT2D eigenvalue weighted by Gasteiger charge is -2.15. The summed E-state index contributed by atoms with van der Waals surface area (Å²) in [5, 5.41) is 12.3. The number of pyridine rings is 1. The van der Waals surface area contributed by atoms with E-state index in [9.17, 15) is 9.59 Å². The molecule has 2 fully saturated rings. The number of hydrogen-bond donors (Lipinski definition) is 2. The van der Waals surface area contributed by atoms with E-state index in [4.69, 9.17) is 5.11 Å². The summed E-state index contributed by atoms with van der Waals surface area (Å²) in [6, 6.07) is 5.07. The zero-order chi connectivity index (χ0) is 18.1. The largest absolute Gasteiger partial charge is 0.478 e. The van der Waals surface area contributed by atoms with Crippen LogP contribution in [-0.4, -0.2) is 56.0 Å². The van der Waals surface area contributed by atoms with Gasteiger partial charge in [-0.2, -0.15) is 0 Å². The highest BCUT2D eigenvalue weighted by Gasteiger charge is 2.39. The second-order valence-corrected chi connectivity index (χ2v) is 6.73. The average Bonchev–Trinajstić information content (AvgIpc) is 3.43. The van der Waals surface area contributed by atoms with Crippen molar-refractivity contribution in [1.82, 2.24) is 19.9 Å². The number of carbonyl (C=O) groups excluding carboxylic acids is 1. The number of likely N-dealkylation sites (tertiary alicyclic amines) is 1. The van der Waals surface area contributed by atoms with E-state index in [1.807, 2.05) is 4.90 Å². The SMILES string of the molecule is O=C(O)c1ccnc(-c2ccnc(NC[C@@H]3CC(=O)N(C4CC4)C3)n2)c1. The number of aromatic nitrogens is 3. The van der Waals surface area contributed by atoms with Gasteiger partial charge in [-0.3, -0.25) is 9.78 Å². The number of carboxylic acids is 1. The molecular formula is C18H19N5O3. The van der Waals surface area contributed by atoms with Gasteiger partial charge in [-0.15, -0.1) is 0 Å². The van der Waals surface area contributed by atoms with Gasteiger partial charge in [0.05, 0.1) is 17.0 Å². The highest BCUT2D eigenvalue weighted by molar-refractivity contribution is 5.88. The van der Waals surface area contributed by atoms with Crippen LogP contribution in [0.3, 0.4) is 0 Å². The van der Waals surface area contributed by atoms with Crippen molar-refractivity contribution >= 4 is 17.8 Å². The Bertz CT molecular complexity index is 852. The molecule has 3 heterocycles. The molecule has 0 unspecified atom stereocenters. The van der Waals surface area contributed by atoms with Gasteiger partial charge in [0.25, 0.3) is 0 Å². The first-order chi connectivity index (χ1) is 12.6. The van der Waals surface area contributed by atoms with Gasteiger partial charge in [0.2, 0.25) is 11.9 Å². The Balaban J connectivity index is 1.42. The number of hydrogen-bond acceptors (Lipinski definition) is 6. The molecule has 0 spiro atoms. The molecule has 0 aromatic carbocycles. The van der Waals surface area contributed by atoms with Crippen LogP contribution in [0.25, 0.3) is 11.4 Å². The Morgan fingerprint density at radius 1 is 1.23 bits per heavy atom. The summed E-state index contributed by atoms with van der Waals surface area (Å²) in [6.45, 7) is 1.42. The predicted octanol–water partition coefficient (Wildman–Crippen LogP) is 1.66. The first-order valence-corrected chi connectivity index (χ1v) is 8.66. The van der Waals surface area contributed by atoms with E-state index < -0.39 is 5.97 Å². The maximum atomic E-state index is 12.0. The lowest BCUT2D eigenvalue weighted by atomic mass is 10.1. The van der Waals surface area contributed by atoms with Crippen LogP contribution in [0.15, 0.2) is 30.6 Å². The molecule has 134 valence electrons. The van der Waals surface area contributed by atoms with Crippen LogP contribution in [0.5, 0.6) is 0 Å². The monoisotopic (exact) mass is 353 g/mol. The molecule has 0 bridgehead atoms. The average molecular weight is 353 g/mol. The summed E-state index contributed by atoms with van der Waals surface area (Å²) in [7, 11) is 0. The van der Waals surface area contributed by atoms with Crippen molar-refractivity contribution in [3.05, 3.63) is 36.2 Å². The topological polar surface area (TPSA) is 108 Å². The summed E-state index contributed by atoms with van der Waals surface area (Å²) in [5.74, 6) is -0.0676. The molecule has 8 nitrogen and oxygen atoms in total. The third-order valence-corrected chi connectivity index (χ3v) is 4.70. The van der Waals surface area contributed by atoms with Crippen molar-refractivity contribution in [2.45, 2.75) is 25.3 Å². The minimum atomic E-state index is -1.01. The van der Waals surface area contributed by atoms with Gasteiger partial charge in [0, 0.05) is 43.9 Å². The Morgan fingerprint density at radius 2 is 2.04 bits per heavy atom. The van der Waals surface area contributed by atoms with E-state index in [1.165, 1.54) is 18.3 Å². The van der Waals surface area contributed by atoms with Crippen LogP contribution < -0.4 is 5.32 Å². The van der Waals surface area contributed by atoms with Gasteiger partial charge >= 0.3 is 5.97 Å². The molecule has 2 aromatic rings. The van der Waals surface area contributed by atoms with Gasteiger partial charge in [-0.05, 0) is 31.0 Å². The van der Waals surface area contributed by atoms with Crippen LogP contribution in [-0.2, 0) is 4.79 Å². The lowest BCUT2D eigenvalue weighted by molar-refractivity contribution is -0.128. The van der Waals surface area contributed by atoms with E-state index in [0.29, 0.717) is 36.3 Å². The molecular weight excluding hydrogens is 334 g/mol. The van der Waals surface area contributed by atoms with Crippen molar-refractivity contribution in [3.8, 4) is 11.4 Å². The van der Waals surface area contributed by atoms with Crippen molar-refractivity contribution in [2.24, 2.45) is 5.92 Å². The third kappa shape index (κ3) is 3.49. The standard InChI is InChI=1S/C18H19N5O3/c24-16-7-11(10-23(16)13-1-2-13)9-21-18-20-6-4-14(22-18)15-8-12(17(25)26)3-5-19-15/h3-6,8,11,13H,1-2,7,9-10H2,(H,25,26)(H,20,21,22)/t11-/m0/s1. The zero-order valence-electron chi connectivity index (χ0n) is 14.1. The second-order valence-electron chi connectivity index (χ2n) is 6.73. The molecule has 1 aliphatic heterocycles. The molecule has 1 saturated heterocycles. The quantitative estimate of drug-likeness (QED) is 0.813. The Morgan fingerprint density at radius 3 is 2.81 bits per heavy atom. The van der Waals surface area contributed by atoms with E-state index in [2.05, 4.69) is 20.3 Å². The highest BCUT2D eigenvalue weighted by Crippen LogP contribution is 2.32. The van der Waals surface area contributed by atoms with Gasteiger partial charge in [0.15, 0.2) is 0 Å². The smallest absolute Gasteiger partial charge is 0.335 e. The van der Waals surface area contributed by atoms with E-state index in [-0.39, 0.29) is 17.4 Å². The predicted molar refractivity (Wildman–Crippen MR) is 93.6 cm³/mol. The summed E-state index contributed by atoms with van der Waals surface area (Å²) < 4.78 is 0. The number of aromatic carboxylic acids is 1. The fourth-order valence-corrected chi connectivity index (χ4v) is 3.21. The number of carboxylic acid groups (broad SMARTS) is 1. The maximum Gasteiger partial charge on any atom is 0.335 e. The molecule has 2 aliphatic rings. The first-order valence-electron chi connectivity index (χ1n) is 8.66. The van der Waals surface area contributed by atoms with E-state index in [0.717, 1.165) is 19.4 Å². The minimum Gasteiger partial charge on any atom is -0.478 e. The number of nitrogens with zero attached hydrogens (tertiary/aromatic N) is 4. The second kappa shape index (κ2) is 6.70. The highest BCUT2D eigenvalue weighted by atomic mass is 16.4. The number of amides is 1. The van der Waals surface area contributed by atoms with E-state index >= 15 is 0 Å². The molecule has 0 radical (unpaired) electrons. The molecule has 1 aliphatic carbocycles. The van der Waals surface area contributed by atoms with Gasteiger partial charge in [-0.25, -0.2) is 14.8 Å². The normalized spacial score (nSPS) is 19.6. The summed E-state index contributed by atoms with van der Waals surface area (Å²) in [5.41, 5.74) is 1.19. The molecule has 8 heteroatoms. The number of nitrogens with one attached hydrogen (secondary N) is 1. The van der Waals surface area contributed by atoms with Crippen LogP contribution in [0.4, 0.5) is 5.95 Å². The summed E-state index contributed by atoms with van der Waals surface area (Å²) >= 11 is 0. The third-order valence-electron chi connectivity index (χ3n) is 4.70. The Labute approximate surface area is 150 Å². The lowest BCUT2D eigenvalue weighted by Crippen LogP contribution is -2.28. The van der Waals surface area contributed by atoms with Gasteiger partial charge in [-0.1, -0.05) is 0 Å². The minimum absolute atomic E-state index is 0.160. The Kier molecular flexibility index (Phi) is 4.24. The Hall–Kier alpha value is -3.03. The van der Waals surface area contributed by atoms with Gasteiger partial charge < -0.3 is 15.3 Å². The number of rotatable bonds is 6. The van der Waals surface area contributed by atoms with Gasteiger partial charge in [0.1, 0.15) is 0 Å². The fourth-order valence-electron chi connectivity index (χ4n) is 3.21. The van der Waals surface area contributed by atoms with E-state index in [1.54, 1.807) is 12.3 Å². The zero-order valence-corrected chi connectivity index (χ0v) is 14.1. The molecule has 1 saturated carbocycles. The fraction of sp³-hybridized carbons (Fsp3) is 0.389. The molecule has 2 N–H and O–H groups in total. The van der Waals surface area contributed by atoms with Crippen molar-refractivity contribution < 1.29 is 14.7 Å². The molecule has 1 atom stereocenters. The molecule has 2 aromatic heterocycles. The summed E-state index contributed by atoms with van der Waals surface area (Å²) in [6.07, 6.45) is 5.87. The maximum absolute atomic E-state index is 12.0. The van der Waals surface area contributed by atoms with Crippen molar-refractivity contribution in [2.75, 3.05) is 18.4 Å². The molecule has 1 amide bonds. The van der Waals surface area contributed by atoms with Crippen molar-refractivity contribution in [1.29, 1.82) is 0 Å². The van der Waals surface area contributed by atoms with Crippen LogP contribution in [0.2, 0.25) is 0 Å². The van der Waals surface area contributed by atoms with Crippen LogP contribution in [0.1, 0.15) is 29.6 Å². The number of anilines is 1. The number of carbonyl (C=O) groups is 2. The van der Waals surface area contributed by atoms with Crippen LogP contribution >= 0.6 is 0 Å². The first kappa shape index (κ1) is 16.4. The summed E-state index contributed by atoms with van der Waals surface area (Å²) in [4.78, 5) is 37.9. The van der Waals surface area contributed by atoms with Crippen molar-refractivity contribution in [3.63, 3.8) is 0 Å².